The fourth-order valence-corrected chi connectivity index (χ4v) is 1.27. The molecule has 0 saturated heterocycles. The van der Waals surface area contributed by atoms with Gasteiger partial charge in [-0.2, -0.15) is 0 Å². The van der Waals surface area contributed by atoms with Crippen molar-refractivity contribution in [2.75, 3.05) is 0 Å². The number of nitrogens with zero attached hydrogens (tertiary/aromatic N) is 1. The summed E-state index contributed by atoms with van der Waals surface area (Å²) in [5.74, 6) is -0.579. The highest BCUT2D eigenvalue weighted by atomic mass is 79.9. The minimum absolute atomic E-state index is 0.0503. The maximum atomic E-state index is 13.0. The summed E-state index contributed by atoms with van der Waals surface area (Å²) in [4.78, 5) is 9.70. The zero-order chi connectivity index (χ0) is 9.30. The molecule has 64 valence electrons. The number of benzene rings is 1. The second-order valence-corrected chi connectivity index (χ2v) is 3.12. The van der Waals surface area contributed by atoms with Crippen LogP contribution >= 0.6 is 15.9 Å². The van der Waals surface area contributed by atoms with Crippen LogP contribution in [0.1, 0.15) is 5.56 Å². The van der Waals surface area contributed by atoms with Crippen molar-refractivity contribution in [3.05, 3.63) is 38.1 Å². The molecule has 1 aromatic carbocycles. The molecular formula is C7H5BrFNO2. The van der Waals surface area contributed by atoms with Crippen molar-refractivity contribution >= 4 is 21.6 Å². The number of nitro benzene ring substituents is 1. The van der Waals surface area contributed by atoms with E-state index in [1.807, 2.05) is 0 Å². The third kappa shape index (κ3) is 1.45. The Morgan fingerprint density at radius 3 is 2.67 bits per heavy atom. The van der Waals surface area contributed by atoms with E-state index in [4.69, 9.17) is 0 Å². The first kappa shape index (κ1) is 9.12. The molecule has 0 aliphatic carbocycles. The Bertz CT molecular complexity index is 340. The number of hydrogen-bond acceptors (Lipinski definition) is 2. The van der Waals surface area contributed by atoms with Crippen molar-refractivity contribution in [2.45, 2.75) is 6.92 Å². The Labute approximate surface area is 76.5 Å². The van der Waals surface area contributed by atoms with Gasteiger partial charge in [0, 0.05) is 6.07 Å². The summed E-state index contributed by atoms with van der Waals surface area (Å²) in [7, 11) is 0. The van der Waals surface area contributed by atoms with Crippen molar-refractivity contribution in [1.29, 1.82) is 0 Å². The van der Waals surface area contributed by atoms with Crippen LogP contribution in [0.5, 0.6) is 0 Å². The summed E-state index contributed by atoms with van der Waals surface area (Å²) < 4.78 is 13.2. The minimum Gasteiger partial charge on any atom is -0.258 e. The fourth-order valence-electron chi connectivity index (χ4n) is 0.840. The molecule has 0 atom stereocenters. The van der Waals surface area contributed by atoms with Gasteiger partial charge in [0.1, 0.15) is 5.82 Å². The number of halogens is 2. The zero-order valence-electron chi connectivity index (χ0n) is 6.17. The lowest BCUT2D eigenvalue weighted by atomic mass is 10.2. The van der Waals surface area contributed by atoms with Crippen LogP contribution in [0.3, 0.4) is 0 Å². The van der Waals surface area contributed by atoms with Gasteiger partial charge < -0.3 is 0 Å². The summed E-state index contributed by atoms with van der Waals surface area (Å²) >= 11 is 2.93. The summed E-state index contributed by atoms with van der Waals surface area (Å²) in [6.07, 6.45) is 0. The molecule has 0 heterocycles. The second-order valence-electron chi connectivity index (χ2n) is 2.26. The third-order valence-corrected chi connectivity index (χ3v) is 2.12. The number of rotatable bonds is 1. The van der Waals surface area contributed by atoms with E-state index >= 15 is 0 Å². The van der Waals surface area contributed by atoms with Crippen LogP contribution in [-0.4, -0.2) is 4.92 Å². The second kappa shape index (κ2) is 3.18. The molecule has 0 aromatic heterocycles. The molecule has 0 unspecified atom stereocenters. The van der Waals surface area contributed by atoms with E-state index in [9.17, 15) is 14.5 Å². The van der Waals surface area contributed by atoms with Gasteiger partial charge in [0.15, 0.2) is 0 Å². The molecule has 0 N–H and O–H groups in total. The topological polar surface area (TPSA) is 43.1 Å². The van der Waals surface area contributed by atoms with Crippen LogP contribution in [0, 0.1) is 22.9 Å². The largest absolute Gasteiger partial charge is 0.275 e. The molecular weight excluding hydrogens is 229 g/mol. The van der Waals surface area contributed by atoms with E-state index in [1.165, 1.54) is 19.1 Å². The highest BCUT2D eigenvalue weighted by Crippen LogP contribution is 2.26. The van der Waals surface area contributed by atoms with Gasteiger partial charge in [0.05, 0.1) is 15.0 Å². The maximum absolute atomic E-state index is 13.0. The van der Waals surface area contributed by atoms with Crippen LogP contribution in [-0.2, 0) is 0 Å². The van der Waals surface area contributed by atoms with Gasteiger partial charge in [0.2, 0.25) is 0 Å². The maximum Gasteiger partial charge on any atom is 0.275 e. The van der Waals surface area contributed by atoms with Crippen molar-refractivity contribution in [3.8, 4) is 0 Å². The van der Waals surface area contributed by atoms with Crippen LogP contribution in [0.15, 0.2) is 16.6 Å². The Kier molecular flexibility index (Phi) is 2.42. The molecule has 0 amide bonds. The first-order valence-electron chi connectivity index (χ1n) is 3.13. The highest BCUT2D eigenvalue weighted by Gasteiger charge is 2.15. The normalized spacial score (nSPS) is 9.92. The first-order valence-corrected chi connectivity index (χ1v) is 3.92. The standard InChI is InChI=1S/C7H5BrFNO2/c1-4-6(10(11)12)3-2-5(8)7(4)9/h2-3H,1H3. The molecule has 0 radical (unpaired) electrons. The van der Waals surface area contributed by atoms with E-state index < -0.39 is 10.7 Å². The van der Waals surface area contributed by atoms with Gasteiger partial charge >= 0.3 is 0 Å². The van der Waals surface area contributed by atoms with E-state index in [0.717, 1.165) is 0 Å². The van der Waals surface area contributed by atoms with Crippen LogP contribution < -0.4 is 0 Å². The Morgan fingerprint density at radius 2 is 2.17 bits per heavy atom. The quantitative estimate of drug-likeness (QED) is 0.553. The average Bonchev–Trinajstić information content (AvgIpc) is 2.00. The molecule has 0 saturated carbocycles. The smallest absolute Gasteiger partial charge is 0.258 e. The van der Waals surface area contributed by atoms with Gasteiger partial charge in [0.25, 0.3) is 5.69 Å². The molecule has 3 nitrogen and oxygen atoms in total. The molecule has 1 aromatic rings. The molecule has 0 aliphatic heterocycles. The predicted octanol–water partition coefficient (Wildman–Crippen LogP) is 2.80. The summed E-state index contributed by atoms with van der Waals surface area (Å²) in [6.45, 7) is 1.37. The fraction of sp³-hybridized carbons (Fsp3) is 0.143. The highest BCUT2D eigenvalue weighted by molar-refractivity contribution is 9.10. The van der Waals surface area contributed by atoms with Gasteiger partial charge in [-0.25, -0.2) is 4.39 Å². The minimum atomic E-state index is -0.606. The van der Waals surface area contributed by atoms with Crippen molar-refractivity contribution in [1.82, 2.24) is 0 Å². The molecule has 0 spiro atoms. The summed E-state index contributed by atoms with van der Waals surface area (Å²) in [5.41, 5.74) is -0.148. The Balaban J connectivity index is 3.36. The lowest BCUT2D eigenvalue weighted by Crippen LogP contribution is -1.94. The zero-order valence-corrected chi connectivity index (χ0v) is 7.76. The predicted molar refractivity (Wildman–Crippen MR) is 45.5 cm³/mol. The van der Waals surface area contributed by atoms with Gasteiger partial charge in [-0.3, -0.25) is 10.1 Å². The van der Waals surface area contributed by atoms with Crippen molar-refractivity contribution in [3.63, 3.8) is 0 Å². The molecule has 0 fully saturated rings. The summed E-state index contributed by atoms with van der Waals surface area (Å²) in [6, 6.07) is 2.59. The SMILES string of the molecule is Cc1c([N+](=O)[O-])ccc(Br)c1F. The van der Waals surface area contributed by atoms with E-state index in [-0.39, 0.29) is 15.7 Å². The Morgan fingerprint density at radius 1 is 1.58 bits per heavy atom. The van der Waals surface area contributed by atoms with E-state index in [2.05, 4.69) is 15.9 Å². The van der Waals surface area contributed by atoms with Crippen molar-refractivity contribution < 1.29 is 9.31 Å². The molecule has 1 rings (SSSR count). The lowest BCUT2D eigenvalue weighted by molar-refractivity contribution is -0.385. The van der Waals surface area contributed by atoms with E-state index in [1.54, 1.807) is 0 Å². The van der Waals surface area contributed by atoms with Gasteiger partial charge in [-0.05, 0) is 28.9 Å². The van der Waals surface area contributed by atoms with Crippen molar-refractivity contribution in [2.24, 2.45) is 0 Å². The molecule has 12 heavy (non-hydrogen) atoms. The van der Waals surface area contributed by atoms with E-state index in [0.29, 0.717) is 0 Å². The van der Waals surface area contributed by atoms with Crippen LogP contribution in [0.25, 0.3) is 0 Å². The molecule has 0 aliphatic rings. The lowest BCUT2D eigenvalue weighted by Gasteiger charge is -1.99. The van der Waals surface area contributed by atoms with Gasteiger partial charge in [-0.15, -0.1) is 0 Å². The number of hydrogen-bond donors (Lipinski definition) is 0. The first-order chi connectivity index (χ1) is 5.54. The Hall–Kier alpha value is -0.970. The third-order valence-electron chi connectivity index (χ3n) is 1.51. The van der Waals surface area contributed by atoms with Crippen LogP contribution in [0.2, 0.25) is 0 Å². The monoisotopic (exact) mass is 233 g/mol. The average molecular weight is 234 g/mol. The number of nitro groups is 1. The molecule has 5 heteroatoms. The summed E-state index contributed by atoms with van der Waals surface area (Å²) in [5, 5.41) is 10.3. The van der Waals surface area contributed by atoms with Crippen LogP contribution in [0.4, 0.5) is 10.1 Å². The van der Waals surface area contributed by atoms with Gasteiger partial charge in [-0.1, -0.05) is 0 Å². The molecule has 0 bridgehead atoms.